The molecule has 0 bridgehead atoms. The molecule has 0 aliphatic carbocycles. The van der Waals surface area contributed by atoms with Gasteiger partial charge in [-0.1, -0.05) is 12.1 Å². The minimum absolute atomic E-state index is 0.133. The van der Waals surface area contributed by atoms with Crippen molar-refractivity contribution >= 4 is 52.8 Å². The van der Waals surface area contributed by atoms with Crippen molar-refractivity contribution in [1.29, 1.82) is 0 Å². The topological polar surface area (TPSA) is 151 Å². The first-order valence-corrected chi connectivity index (χ1v) is 13.8. The van der Waals surface area contributed by atoms with Crippen molar-refractivity contribution in [3.8, 4) is 5.75 Å². The van der Waals surface area contributed by atoms with Crippen molar-refractivity contribution in [1.82, 2.24) is 15.5 Å². The summed E-state index contributed by atoms with van der Waals surface area (Å²) >= 11 is 2.31. The van der Waals surface area contributed by atoms with Gasteiger partial charge in [0.2, 0.25) is 5.91 Å². The quantitative estimate of drug-likeness (QED) is 0.271. The van der Waals surface area contributed by atoms with E-state index in [9.17, 15) is 42.3 Å². The first-order chi connectivity index (χ1) is 19.4. The van der Waals surface area contributed by atoms with Crippen LogP contribution in [0.5, 0.6) is 5.75 Å². The van der Waals surface area contributed by atoms with E-state index in [4.69, 9.17) is 9.47 Å². The molecule has 3 heterocycles. The monoisotopic (exact) mass is 613 g/mol. The van der Waals surface area contributed by atoms with Gasteiger partial charge in [-0.25, -0.2) is 4.79 Å². The van der Waals surface area contributed by atoms with Crippen LogP contribution in [-0.2, 0) is 34.9 Å². The summed E-state index contributed by atoms with van der Waals surface area (Å²) in [5.74, 6) is -4.33. The lowest BCUT2D eigenvalue weighted by Gasteiger charge is -2.49. The van der Waals surface area contributed by atoms with Gasteiger partial charge in [0.25, 0.3) is 11.8 Å². The van der Waals surface area contributed by atoms with Crippen LogP contribution in [0.4, 0.5) is 13.2 Å². The fourth-order valence-corrected chi connectivity index (χ4v) is 6.16. The fraction of sp³-hybridized carbons (Fsp3) is 0.320. The normalized spacial score (nSPS) is 19.0. The number of hydrogen-bond acceptors (Lipinski definition) is 9. The number of amides is 3. The van der Waals surface area contributed by atoms with E-state index < -0.39 is 65.5 Å². The predicted octanol–water partition coefficient (Wildman–Crippen LogP) is 2.30. The molecule has 1 saturated heterocycles. The number of thioether (sulfide) groups is 1. The zero-order chi connectivity index (χ0) is 29.9. The molecule has 218 valence electrons. The number of alkyl halides is 3. The lowest BCUT2D eigenvalue weighted by Crippen LogP contribution is -2.71. The van der Waals surface area contributed by atoms with Gasteiger partial charge in [-0.15, -0.1) is 23.1 Å². The number of nitrogens with zero attached hydrogens (tertiary/aromatic N) is 1. The molecule has 41 heavy (non-hydrogen) atoms. The highest BCUT2D eigenvalue weighted by Crippen LogP contribution is 2.40. The van der Waals surface area contributed by atoms with Gasteiger partial charge in [0.15, 0.2) is 6.61 Å². The summed E-state index contributed by atoms with van der Waals surface area (Å²) in [6.45, 7) is 0.176. The van der Waals surface area contributed by atoms with Gasteiger partial charge >= 0.3 is 18.1 Å². The van der Waals surface area contributed by atoms with E-state index >= 15 is 0 Å². The van der Waals surface area contributed by atoms with Gasteiger partial charge in [-0.3, -0.25) is 24.1 Å². The summed E-state index contributed by atoms with van der Waals surface area (Å²) in [4.78, 5) is 63.2. The van der Waals surface area contributed by atoms with Crippen LogP contribution in [-0.4, -0.2) is 70.0 Å². The van der Waals surface area contributed by atoms with Crippen LogP contribution in [0.25, 0.3) is 0 Å². The fourth-order valence-electron chi connectivity index (χ4n) is 4.05. The number of rotatable bonds is 10. The van der Waals surface area contributed by atoms with E-state index in [2.05, 4.69) is 10.6 Å². The van der Waals surface area contributed by atoms with Gasteiger partial charge in [0, 0.05) is 23.1 Å². The number of fused-ring (bicyclic) bond motifs is 1. The number of ether oxygens (including phenoxy) is 2. The lowest BCUT2D eigenvalue weighted by atomic mass is 10.0. The Bertz CT molecular complexity index is 1400. The number of halogens is 3. The van der Waals surface area contributed by atoms with Crippen molar-refractivity contribution in [2.75, 3.05) is 19.0 Å². The molecule has 0 spiro atoms. The van der Waals surface area contributed by atoms with Crippen LogP contribution >= 0.6 is 23.1 Å². The van der Waals surface area contributed by atoms with Gasteiger partial charge in [-0.05, 0) is 29.6 Å². The number of carbonyl (C=O) groups is 5. The first-order valence-electron chi connectivity index (χ1n) is 11.8. The Morgan fingerprint density at radius 2 is 1.95 bits per heavy atom. The Balaban J connectivity index is 1.42. The highest BCUT2D eigenvalue weighted by molar-refractivity contribution is 8.00. The Morgan fingerprint density at radius 3 is 2.59 bits per heavy atom. The van der Waals surface area contributed by atoms with E-state index in [-0.39, 0.29) is 29.4 Å². The molecule has 0 radical (unpaired) electrons. The van der Waals surface area contributed by atoms with Crippen molar-refractivity contribution in [2.24, 2.45) is 0 Å². The maximum absolute atomic E-state index is 13.2. The van der Waals surface area contributed by atoms with Gasteiger partial charge in [-0.2, -0.15) is 13.2 Å². The lowest BCUT2D eigenvalue weighted by molar-refractivity contribution is -0.151. The molecule has 0 saturated carbocycles. The van der Waals surface area contributed by atoms with Gasteiger partial charge in [0.05, 0.1) is 5.56 Å². The molecule has 11 nitrogen and oxygen atoms in total. The maximum Gasteiger partial charge on any atom is 0.416 e. The van der Waals surface area contributed by atoms with Crippen LogP contribution in [0.3, 0.4) is 0 Å². The summed E-state index contributed by atoms with van der Waals surface area (Å²) in [6.07, 6.45) is -4.60. The number of carboxylic acids is 1. The molecule has 1 aromatic carbocycles. The molecule has 1 fully saturated rings. The number of esters is 1. The predicted molar refractivity (Wildman–Crippen MR) is 138 cm³/mol. The van der Waals surface area contributed by atoms with E-state index in [1.165, 1.54) is 24.8 Å². The Kier molecular flexibility index (Phi) is 8.92. The summed E-state index contributed by atoms with van der Waals surface area (Å²) in [7, 11) is 0. The number of carboxylic acid groups (broad SMARTS) is 1. The minimum Gasteiger partial charge on any atom is -0.484 e. The number of β-lactam (4-membered cyclic amide) rings is 1. The number of nitrogens with one attached hydrogen (secondary N) is 2. The standard InChI is InChI=1S/C25H22F3N3O8S2/c1-12(32)38-9-13-11-41-23-19(22(35)31(23)20(13)24(36)37)30-21(34)18(16-6-3-7-40-16)29-17(33)10-39-15-5-2-4-14(8-15)25(26,27)28/h2-8,18-19,23H,9-11H2,1H3,(H,29,33)(H,30,34)(H,36,37)/t18?,19-,23-/m1/s1. The number of aliphatic carboxylic acids is 1. The van der Waals surface area contributed by atoms with Crippen LogP contribution in [0.1, 0.15) is 23.4 Å². The minimum atomic E-state index is -4.60. The summed E-state index contributed by atoms with van der Waals surface area (Å²) in [5.41, 5.74) is -1.04. The molecule has 3 amide bonds. The molecule has 2 aliphatic rings. The summed E-state index contributed by atoms with van der Waals surface area (Å²) < 4.78 is 48.9. The third-order valence-electron chi connectivity index (χ3n) is 5.92. The first kappa shape index (κ1) is 29.9. The Morgan fingerprint density at radius 1 is 1.20 bits per heavy atom. The number of carbonyl (C=O) groups excluding carboxylic acids is 4. The highest BCUT2D eigenvalue weighted by atomic mass is 32.2. The summed E-state index contributed by atoms with van der Waals surface area (Å²) in [6, 6.07) is 4.81. The zero-order valence-electron chi connectivity index (χ0n) is 21.1. The van der Waals surface area contributed by atoms with E-state index in [0.29, 0.717) is 4.88 Å². The Hall–Kier alpha value is -4.05. The van der Waals surface area contributed by atoms with Crippen molar-refractivity contribution in [3.05, 3.63) is 63.5 Å². The highest BCUT2D eigenvalue weighted by Gasteiger charge is 2.54. The molecule has 2 aromatic rings. The Labute approximate surface area is 238 Å². The average molecular weight is 614 g/mol. The van der Waals surface area contributed by atoms with E-state index in [1.807, 2.05) is 0 Å². The van der Waals surface area contributed by atoms with E-state index in [0.717, 1.165) is 34.4 Å². The largest absolute Gasteiger partial charge is 0.484 e. The molecule has 1 aromatic heterocycles. The second-order valence-electron chi connectivity index (χ2n) is 8.76. The second-order valence-corrected chi connectivity index (χ2v) is 10.8. The van der Waals surface area contributed by atoms with Crippen LogP contribution in [0.15, 0.2) is 53.0 Å². The van der Waals surface area contributed by atoms with Gasteiger partial charge < -0.3 is 25.2 Å². The van der Waals surface area contributed by atoms with Gasteiger partial charge in [0.1, 0.15) is 35.5 Å². The number of benzene rings is 1. The zero-order valence-corrected chi connectivity index (χ0v) is 22.7. The number of thiophene rings is 1. The average Bonchev–Trinajstić information content (AvgIpc) is 3.46. The van der Waals surface area contributed by atoms with Crippen molar-refractivity contribution in [2.45, 2.75) is 30.6 Å². The third kappa shape index (κ3) is 6.82. The molecule has 3 N–H and O–H groups in total. The SMILES string of the molecule is CC(=O)OCC1=C(C(=O)O)N2C(=O)[C@@H](NC(=O)C(NC(=O)COc3cccc(C(F)(F)F)c3)c3cccs3)[C@H]2SC1. The van der Waals surface area contributed by atoms with Crippen LogP contribution < -0.4 is 15.4 Å². The molecule has 4 rings (SSSR count). The van der Waals surface area contributed by atoms with Crippen LogP contribution in [0, 0.1) is 0 Å². The van der Waals surface area contributed by atoms with Crippen molar-refractivity contribution in [3.63, 3.8) is 0 Å². The smallest absolute Gasteiger partial charge is 0.416 e. The molecular formula is C25H22F3N3O8S2. The van der Waals surface area contributed by atoms with Crippen LogP contribution in [0.2, 0.25) is 0 Å². The summed E-state index contributed by atoms with van der Waals surface area (Å²) in [5, 5.41) is 15.6. The third-order valence-corrected chi connectivity index (χ3v) is 8.20. The molecule has 1 unspecified atom stereocenters. The molecular weight excluding hydrogens is 591 g/mol. The van der Waals surface area contributed by atoms with E-state index in [1.54, 1.807) is 17.5 Å². The molecule has 3 atom stereocenters. The molecule has 2 aliphatic heterocycles. The second kappa shape index (κ2) is 12.2. The maximum atomic E-state index is 13.2. The number of hydrogen-bond donors (Lipinski definition) is 3. The molecule has 16 heteroatoms. The van der Waals surface area contributed by atoms with Crippen molar-refractivity contribution < 1.29 is 51.7 Å².